The van der Waals surface area contributed by atoms with Crippen molar-refractivity contribution in [1.82, 2.24) is 5.32 Å². The molecule has 1 aliphatic rings. The minimum atomic E-state index is -0.461. The SMILES string of the molecule is Cc1c(Cl)cccc1N=C1NC(=O)/C(=C/c2ccc(-c3cccc([N+](=O)[O-])c3)o2)S1. The van der Waals surface area contributed by atoms with Crippen LogP contribution in [0, 0.1) is 17.0 Å². The molecule has 1 aromatic heterocycles. The van der Waals surface area contributed by atoms with E-state index in [1.807, 2.05) is 13.0 Å². The summed E-state index contributed by atoms with van der Waals surface area (Å²) in [5.41, 5.74) is 2.06. The van der Waals surface area contributed by atoms with Crippen molar-refractivity contribution in [2.45, 2.75) is 6.92 Å². The fourth-order valence-electron chi connectivity index (χ4n) is 2.79. The lowest BCUT2D eigenvalue weighted by Crippen LogP contribution is -2.19. The topological polar surface area (TPSA) is 97.7 Å². The number of hydrogen-bond donors (Lipinski definition) is 1. The van der Waals surface area contributed by atoms with Gasteiger partial charge in [-0.25, -0.2) is 4.99 Å². The molecule has 150 valence electrons. The van der Waals surface area contributed by atoms with Crippen molar-refractivity contribution in [3.05, 3.63) is 86.0 Å². The van der Waals surface area contributed by atoms with Crippen LogP contribution in [0.2, 0.25) is 5.02 Å². The second-order valence-electron chi connectivity index (χ2n) is 6.38. The van der Waals surface area contributed by atoms with Crippen LogP contribution in [0.3, 0.4) is 0 Å². The van der Waals surface area contributed by atoms with Crippen LogP contribution in [-0.2, 0) is 4.79 Å². The number of thioether (sulfide) groups is 1. The Morgan fingerprint density at radius 3 is 2.80 bits per heavy atom. The third-order valence-corrected chi connectivity index (χ3v) is 5.67. The molecule has 0 bridgehead atoms. The molecule has 1 amide bonds. The Bertz CT molecular complexity index is 1230. The van der Waals surface area contributed by atoms with E-state index < -0.39 is 4.92 Å². The third-order valence-electron chi connectivity index (χ3n) is 4.35. The van der Waals surface area contributed by atoms with Crippen LogP contribution in [0.1, 0.15) is 11.3 Å². The molecule has 4 rings (SSSR count). The highest BCUT2D eigenvalue weighted by Gasteiger charge is 2.24. The molecular weight excluding hydrogens is 426 g/mol. The summed E-state index contributed by atoms with van der Waals surface area (Å²) in [6.07, 6.45) is 1.61. The predicted molar refractivity (Wildman–Crippen MR) is 118 cm³/mol. The molecule has 3 aromatic rings. The fourth-order valence-corrected chi connectivity index (χ4v) is 3.78. The number of nitro groups is 1. The van der Waals surface area contributed by atoms with Gasteiger partial charge in [0.05, 0.1) is 15.5 Å². The number of nitrogens with zero attached hydrogens (tertiary/aromatic N) is 2. The van der Waals surface area contributed by atoms with Crippen LogP contribution in [0.5, 0.6) is 0 Å². The average Bonchev–Trinajstić information content (AvgIpc) is 3.32. The van der Waals surface area contributed by atoms with Gasteiger partial charge in [0.15, 0.2) is 5.17 Å². The first kappa shape index (κ1) is 19.9. The van der Waals surface area contributed by atoms with Gasteiger partial charge in [0.2, 0.25) is 0 Å². The summed E-state index contributed by atoms with van der Waals surface area (Å²) < 4.78 is 5.75. The lowest BCUT2D eigenvalue weighted by Gasteiger charge is -2.02. The van der Waals surface area contributed by atoms with Crippen molar-refractivity contribution in [1.29, 1.82) is 0 Å². The zero-order chi connectivity index (χ0) is 21.3. The van der Waals surface area contributed by atoms with Gasteiger partial charge in [-0.3, -0.25) is 14.9 Å². The lowest BCUT2D eigenvalue weighted by atomic mass is 10.1. The Morgan fingerprint density at radius 1 is 1.20 bits per heavy atom. The van der Waals surface area contributed by atoms with Crippen molar-refractivity contribution in [2.24, 2.45) is 4.99 Å². The Morgan fingerprint density at radius 2 is 2.00 bits per heavy atom. The van der Waals surface area contributed by atoms with Gasteiger partial charge in [-0.05, 0) is 48.5 Å². The van der Waals surface area contributed by atoms with Crippen molar-refractivity contribution < 1.29 is 14.1 Å². The highest BCUT2D eigenvalue weighted by molar-refractivity contribution is 8.18. The number of furan rings is 1. The molecule has 2 aromatic carbocycles. The average molecular weight is 440 g/mol. The van der Waals surface area contributed by atoms with Gasteiger partial charge in [-0.1, -0.05) is 29.8 Å². The summed E-state index contributed by atoms with van der Waals surface area (Å²) in [7, 11) is 0. The molecule has 0 saturated carbocycles. The minimum absolute atomic E-state index is 0.0216. The van der Waals surface area contributed by atoms with Crippen LogP contribution in [0.4, 0.5) is 11.4 Å². The summed E-state index contributed by atoms with van der Waals surface area (Å²) in [5.74, 6) is 0.637. The summed E-state index contributed by atoms with van der Waals surface area (Å²) in [6, 6.07) is 15.0. The second kappa shape index (κ2) is 8.17. The van der Waals surface area contributed by atoms with E-state index in [2.05, 4.69) is 10.3 Å². The van der Waals surface area contributed by atoms with Crippen LogP contribution < -0.4 is 5.32 Å². The first-order valence-electron chi connectivity index (χ1n) is 8.80. The summed E-state index contributed by atoms with van der Waals surface area (Å²) in [4.78, 5) is 27.7. The number of nitro benzene ring substituents is 1. The molecule has 1 aliphatic heterocycles. The van der Waals surface area contributed by atoms with E-state index in [-0.39, 0.29) is 11.6 Å². The normalized spacial score (nSPS) is 16.3. The largest absolute Gasteiger partial charge is 0.457 e. The maximum Gasteiger partial charge on any atom is 0.270 e. The van der Waals surface area contributed by atoms with E-state index in [0.717, 1.165) is 5.56 Å². The van der Waals surface area contributed by atoms with Gasteiger partial charge >= 0.3 is 0 Å². The molecule has 0 atom stereocenters. The molecule has 9 heteroatoms. The monoisotopic (exact) mass is 439 g/mol. The predicted octanol–water partition coefficient (Wildman–Crippen LogP) is 5.71. The number of nitrogens with one attached hydrogen (secondary N) is 1. The van der Waals surface area contributed by atoms with Crippen molar-refractivity contribution in [2.75, 3.05) is 0 Å². The number of carbonyl (C=O) groups excluding carboxylic acids is 1. The van der Waals surface area contributed by atoms with E-state index in [4.69, 9.17) is 16.0 Å². The van der Waals surface area contributed by atoms with Gasteiger partial charge in [0, 0.05) is 28.8 Å². The highest BCUT2D eigenvalue weighted by Crippen LogP contribution is 2.32. The molecule has 0 aliphatic carbocycles. The van der Waals surface area contributed by atoms with Gasteiger partial charge in [0.1, 0.15) is 11.5 Å². The Balaban J connectivity index is 1.57. The maximum absolute atomic E-state index is 12.3. The summed E-state index contributed by atoms with van der Waals surface area (Å²) >= 11 is 7.31. The number of amides is 1. The molecule has 2 heterocycles. The zero-order valence-corrected chi connectivity index (χ0v) is 17.2. The molecular formula is C21H14ClN3O4S. The van der Waals surface area contributed by atoms with Crippen LogP contribution >= 0.6 is 23.4 Å². The minimum Gasteiger partial charge on any atom is -0.457 e. The van der Waals surface area contributed by atoms with E-state index in [0.29, 0.717) is 37.9 Å². The van der Waals surface area contributed by atoms with E-state index in [9.17, 15) is 14.9 Å². The number of non-ortho nitro benzene ring substituents is 1. The number of hydrogen-bond acceptors (Lipinski definition) is 6. The third kappa shape index (κ3) is 4.14. The summed E-state index contributed by atoms with van der Waals surface area (Å²) in [5, 5.41) is 14.7. The molecule has 1 saturated heterocycles. The number of carbonyl (C=O) groups is 1. The fraction of sp³-hybridized carbons (Fsp3) is 0.0476. The standard InChI is InChI=1S/C21H14ClN3O4S/c1-12-16(22)6-3-7-17(12)23-21-24-20(26)19(30-21)11-15-8-9-18(29-15)13-4-2-5-14(10-13)25(27)28/h2-11H,1H3,(H,23,24,26)/b19-11-. The maximum atomic E-state index is 12.3. The number of rotatable bonds is 4. The number of halogens is 1. The number of benzene rings is 2. The zero-order valence-electron chi connectivity index (χ0n) is 15.6. The van der Waals surface area contributed by atoms with E-state index >= 15 is 0 Å². The van der Waals surface area contributed by atoms with Gasteiger partial charge in [-0.2, -0.15) is 0 Å². The van der Waals surface area contributed by atoms with Crippen molar-refractivity contribution >= 4 is 51.9 Å². The van der Waals surface area contributed by atoms with E-state index in [1.165, 1.54) is 23.9 Å². The lowest BCUT2D eigenvalue weighted by molar-refractivity contribution is -0.384. The first-order valence-corrected chi connectivity index (χ1v) is 9.99. The van der Waals surface area contributed by atoms with Gasteiger partial charge < -0.3 is 9.73 Å². The molecule has 0 unspecified atom stereocenters. The van der Waals surface area contributed by atoms with Crippen LogP contribution in [0.25, 0.3) is 17.4 Å². The Kier molecular flexibility index (Phi) is 5.43. The van der Waals surface area contributed by atoms with Crippen molar-refractivity contribution in [3.8, 4) is 11.3 Å². The Labute approximate surface area is 180 Å². The molecule has 0 spiro atoms. The molecule has 1 N–H and O–H groups in total. The smallest absolute Gasteiger partial charge is 0.270 e. The molecule has 1 fully saturated rings. The van der Waals surface area contributed by atoms with Crippen molar-refractivity contribution in [3.63, 3.8) is 0 Å². The highest BCUT2D eigenvalue weighted by atomic mass is 35.5. The van der Waals surface area contributed by atoms with E-state index in [1.54, 1.807) is 42.5 Å². The van der Waals surface area contributed by atoms with Gasteiger partial charge in [0.25, 0.3) is 11.6 Å². The quantitative estimate of drug-likeness (QED) is 0.319. The van der Waals surface area contributed by atoms with Gasteiger partial charge in [-0.15, -0.1) is 0 Å². The van der Waals surface area contributed by atoms with Crippen LogP contribution in [0.15, 0.2) is 68.9 Å². The molecule has 30 heavy (non-hydrogen) atoms. The summed E-state index contributed by atoms with van der Waals surface area (Å²) in [6.45, 7) is 1.86. The van der Waals surface area contributed by atoms with Crippen LogP contribution in [-0.4, -0.2) is 16.0 Å². The first-order chi connectivity index (χ1) is 14.4. The Hall–Kier alpha value is -3.36. The number of amidine groups is 1. The second-order valence-corrected chi connectivity index (χ2v) is 7.81. The number of aliphatic imine (C=N–C) groups is 1. The molecule has 0 radical (unpaired) electrons. The molecule has 7 nitrogen and oxygen atoms in total.